The van der Waals surface area contributed by atoms with Gasteiger partial charge in [-0.15, -0.1) is 0 Å². The Balaban J connectivity index is 1.47. The molecule has 1 saturated carbocycles. The number of aromatic nitrogens is 5. The first-order valence-corrected chi connectivity index (χ1v) is 6.34. The molecule has 2 fully saturated rings. The third-order valence-corrected chi connectivity index (χ3v) is 3.55. The van der Waals surface area contributed by atoms with E-state index in [1.807, 2.05) is 12.3 Å². The summed E-state index contributed by atoms with van der Waals surface area (Å²) in [5.41, 5.74) is 0. The van der Waals surface area contributed by atoms with Gasteiger partial charge < -0.3 is 4.90 Å². The smallest absolute Gasteiger partial charge is 0.133 e. The number of rotatable bonds is 3. The summed E-state index contributed by atoms with van der Waals surface area (Å²) in [6.45, 7) is 1.85. The van der Waals surface area contributed by atoms with Crippen molar-refractivity contribution in [2.75, 3.05) is 18.0 Å². The molecule has 2 aromatic heterocycles. The van der Waals surface area contributed by atoms with E-state index in [1.165, 1.54) is 12.8 Å². The lowest BCUT2D eigenvalue weighted by molar-refractivity contribution is 0.330. The summed E-state index contributed by atoms with van der Waals surface area (Å²) in [6, 6.07) is 2.36. The minimum Gasteiger partial charge on any atom is -0.352 e. The fourth-order valence-corrected chi connectivity index (χ4v) is 2.28. The summed E-state index contributed by atoms with van der Waals surface area (Å²) in [5.74, 6) is 2.65. The molecule has 2 aliphatic rings. The highest BCUT2D eigenvalue weighted by molar-refractivity contribution is 5.41. The van der Waals surface area contributed by atoms with E-state index >= 15 is 0 Å². The third-order valence-electron chi connectivity index (χ3n) is 3.55. The second-order valence-electron chi connectivity index (χ2n) is 4.96. The number of anilines is 1. The lowest BCUT2D eigenvalue weighted by atomic mass is 10.1. The van der Waals surface area contributed by atoms with Crippen molar-refractivity contribution in [3.63, 3.8) is 0 Å². The lowest BCUT2D eigenvalue weighted by Gasteiger charge is -2.39. The zero-order valence-electron chi connectivity index (χ0n) is 9.98. The van der Waals surface area contributed by atoms with Crippen molar-refractivity contribution in [3.8, 4) is 0 Å². The molecule has 92 valence electrons. The fourth-order valence-electron chi connectivity index (χ4n) is 2.28. The number of hydrogen-bond donors (Lipinski definition) is 0. The van der Waals surface area contributed by atoms with E-state index < -0.39 is 0 Å². The van der Waals surface area contributed by atoms with Gasteiger partial charge in [0.15, 0.2) is 0 Å². The molecule has 0 amide bonds. The van der Waals surface area contributed by atoms with Crippen LogP contribution in [0, 0.1) is 0 Å². The maximum absolute atomic E-state index is 4.64. The van der Waals surface area contributed by atoms with Gasteiger partial charge in [0.25, 0.3) is 0 Å². The highest BCUT2D eigenvalue weighted by atomic mass is 15.5. The van der Waals surface area contributed by atoms with Gasteiger partial charge in [-0.3, -0.25) is 0 Å². The van der Waals surface area contributed by atoms with Crippen LogP contribution in [0.3, 0.4) is 0 Å². The van der Waals surface area contributed by atoms with Crippen LogP contribution in [-0.2, 0) is 0 Å². The molecular weight excluding hydrogens is 228 g/mol. The topological polar surface area (TPSA) is 59.7 Å². The second kappa shape index (κ2) is 3.76. The van der Waals surface area contributed by atoms with Gasteiger partial charge in [0.1, 0.15) is 17.7 Å². The van der Waals surface area contributed by atoms with Crippen LogP contribution in [0.4, 0.5) is 5.82 Å². The van der Waals surface area contributed by atoms with Crippen LogP contribution in [-0.4, -0.2) is 38.1 Å². The van der Waals surface area contributed by atoms with Gasteiger partial charge in [-0.05, 0) is 18.9 Å². The van der Waals surface area contributed by atoms with Crippen molar-refractivity contribution < 1.29 is 0 Å². The quantitative estimate of drug-likeness (QED) is 0.803. The maximum atomic E-state index is 4.64. The van der Waals surface area contributed by atoms with Crippen LogP contribution >= 0.6 is 0 Å². The van der Waals surface area contributed by atoms with Crippen LogP contribution in [0.15, 0.2) is 24.7 Å². The zero-order chi connectivity index (χ0) is 11.9. The number of nitrogens with zero attached hydrogens (tertiary/aromatic N) is 6. The average Bonchev–Trinajstić information content (AvgIpc) is 3.06. The molecule has 0 spiro atoms. The normalized spacial score (nSPS) is 19.9. The van der Waals surface area contributed by atoms with Crippen molar-refractivity contribution >= 4 is 5.82 Å². The largest absolute Gasteiger partial charge is 0.352 e. The van der Waals surface area contributed by atoms with Crippen LogP contribution in [0.25, 0.3) is 0 Å². The Morgan fingerprint density at radius 2 is 1.83 bits per heavy atom. The molecule has 1 aliphatic heterocycles. The predicted octanol–water partition coefficient (Wildman–Crippen LogP) is 1.01. The Bertz CT molecular complexity index is 541. The summed E-state index contributed by atoms with van der Waals surface area (Å²) < 4.78 is 0. The van der Waals surface area contributed by atoms with E-state index in [9.17, 15) is 0 Å². The first kappa shape index (κ1) is 9.99. The molecule has 0 bridgehead atoms. The fraction of sp³-hybridized carbons (Fsp3) is 0.500. The van der Waals surface area contributed by atoms with Crippen LogP contribution in [0.1, 0.15) is 30.6 Å². The molecule has 1 saturated heterocycles. The monoisotopic (exact) mass is 242 g/mol. The van der Waals surface area contributed by atoms with E-state index in [-0.39, 0.29) is 0 Å². The summed E-state index contributed by atoms with van der Waals surface area (Å²) in [6.07, 6.45) is 7.79. The molecule has 3 heterocycles. The van der Waals surface area contributed by atoms with Gasteiger partial charge in [-0.1, -0.05) is 0 Å². The minimum atomic E-state index is 0.374. The van der Waals surface area contributed by atoms with Crippen molar-refractivity contribution in [3.05, 3.63) is 30.5 Å². The van der Waals surface area contributed by atoms with E-state index in [2.05, 4.69) is 25.1 Å². The molecular formula is C12H14N6. The standard InChI is InChI=1S/C12H14N6/c1-2-9(1)12-13-4-3-11(16-12)17-7-10(8-17)18-14-5-6-15-18/h3-6,9-10H,1-2,7-8H2. The van der Waals surface area contributed by atoms with Crippen LogP contribution in [0.2, 0.25) is 0 Å². The molecule has 4 rings (SSSR count). The molecule has 0 unspecified atom stereocenters. The van der Waals surface area contributed by atoms with Crippen molar-refractivity contribution in [2.45, 2.75) is 24.8 Å². The number of hydrogen-bond acceptors (Lipinski definition) is 5. The highest BCUT2D eigenvalue weighted by Gasteiger charge is 2.32. The zero-order valence-corrected chi connectivity index (χ0v) is 9.98. The van der Waals surface area contributed by atoms with Gasteiger partial charge in [-0.25, -0.2) is 9.97 Å². The summed E-state index contributed by atoms with van der Waals surface area (Å²) in [4.78, 5) is 13.0. The van der Waals surface area contributed by atoms with Gasteiger partial charge in [0.05, 0.1) is 12.4 Å². The Morgan fingerprint density at radius 1 is 1.06 bits per heavy atom. The predicted molar refractivity (Wildman–Crippen MR) is 65.3 cm³/mol. The molecule has 2 aromatic rings. The molecule has 0 atom stereocenters. The summed E-state index contributed by atoms with van der Waals surface area (Å²) in [5, 5.41) is 8.34. The van der Waals surface area contributed by atoms with Gasteiger partial charge in [0.2, 0.25) is 0 Å². The van der Waals surface area contributed by atoms with Crippen LogP contribution in [0.5, 0.6) is 0 Å². The molecule has 6 nitrogen and oxygen atoms in total. The van der Waals surface area contributed by atoms with E-state index in [0.717, 1.165) is 24.7 Å². The van der Waals surface area contributed by atoms with E-state index in [1.54, 1.807) is 17.2 Å². The van der Waals surface area contributed by atoms with Gasteiger partial charge in [0, 0.05) is 25.2 Å². The SMILES string of the molecule is c1cc(N2CC(n3nccn3)C2)nc(C2CC2)n1. The molecule has 18 heavy (non-hydrogen) atoms. The van der Waals surface area contributed by atoms with Crippen LogP contribution < -0.4 is 4.90 Å². The average molecular weight is 242 g/mol. The Hall–Kier alpha value is -1.98. The maximum Gasteiger partial charge on any atom is 0.133 e. The molecule has 6 heteroatoms. The summed E-state index contributed by atoms with van der Waals surface area (Å²) in [7, 11) is 0. The molecule has 0 radical (unpaired) electrons. The highest BCUT2D eigenvalue weighted by Crippen LogP contribution is 2.38. The van der Waals surface area contributed by atoms with Crippen molar-refractivity contribution in [1.29, 1.82) is 0 Å². The molecule has 1 aliphatic carbocycles. The first-order chi connectivity index (χ1) is 8.90. The lowest BCUT2D eigenvalue weighted by Crippen LogP contribution is -2.49. The van der Waals surface area contributed by atoms with Crippen molar-refractivity contribution in [1.82, 2.24) is 25.0 Å². The summed E-state index contributed by atoms with van der Waals surface area (Å²) >= 11 is 0. The van der Waals surface area contributed by atoms with E-state index in [4.69, 9.17) is 0 Å². The Morgan fingerprint density at radius 3 is 2.56 bits per heavy atom. The van der Waals surface area contributed by atoms with Gasteiger partial charge in [-0.2, -0.15) is 15.0 Å². The minimum absolute atomic E-state index is 0.374. The van der Waals surface area contributed by atoms with E-state index in [0.29, 0.717) is 12.0 Å². The van der Waals surface area contributed by atoms with Gasteiger partial charge >= 0.3 is 0 Å². The Kier molecular flexibility index (Phi) is 2.09. The van der Waals surface area contributed by atoms with Crippen molar-refractivity contribution in [2.24, 2.45) is 0 Å². The first-order valence-electron chi connectivity index (χ1n) is 6.34. The molecule has 0 aromatic carbocycles. The third kappa shape index (κ3) is 1.64. The second-order valence-corrected chi connectivity index (χ2v) is 4.96. The molecule has 0 N–H and O–H groups in total. The Labute approximate surface area is 105 Å².